The first kappa shape index (κ1) is 14.0. The standard InChI is InChI=1S/C15H16FN3O/c1-3-17-14-12(8-11(16)9-18-14)15(20)19-13-7-5-4-6-10(13)2/h4-9H,3H2,1-2H3,(H,17,18)(H,19,20). The zero-order chi connectivity index (χ0) is 14.5. The fourth-order valence-corrected chi connectivity index (χ4v) is 1.82. The summed E-state index contributed by atoms with van der Waals surface area (Å²) in [6, 6.07) is 8.59. The van der Waals surface area contributed by atoms with Gasteiger partial charge in [-0.2, -0.15) is 0 Å². The second-order valence-electron chi connectivity index (χ2n) is 4.35. The largest absolute Gasteiger partial charge is 0.370 e. The van der Waals surface area contributed by atoms with E-state index in [2.05, 4.69) is 15.6 Å². The molecular weight excluding hydrogens is 257 g/mol. The SMILES string of the molecule is CCNc1ncc(F)cc1C(=O)Nc1ccccc1C. The van der Waals surface area contributed by atoms with Gasteiger partial charge < -0.3 is 10.6 Å². The average molecular weight is 273 g/mol. The van der Waals surface area contributed by atoms with Crippen LogP contribution >= 0.6 is 0 Å². The van der Waals surface area contributed by atoms with E-state index < -0.39 is 5.82 Å². The smallest absolute Gasteiger partial charge is 0.259 e. The Morgan fingerprint density at radius 3 is 2.80 bits per heavy atom. The van der Waals surface area contributed by atoms with Crippen molar-refractivity contribution in [2.45, 2.75) is 13.8 Å². The Morgan fingerprint density at radius 2 is 2.10 bits per heavy atom. The Morgan fingerprint density at radius 1 is 1.35 bits per heavy atom. The van der Waals surface area contributed by atoms with Gasteiger partial charge in [0.15, 0.2) is 0 Å². The lowest BCUT2D eigenvalue weighted by Gasteiger charge is -2.11. The molecule has 0 atom stereocenters. The molecule has 1 aromatic heterocycles. The van der Waals surface area contributed by atoms with E-state index in [1.54, 1.807) is 6.07 Å². The van der Waals surface area contributed by atoms with Crippen LogP contribution < -0.4 is 10.6 Å². The Hall–Kier alpha value is -2.43. The third-order valence-corrected chi connectivity index (χ3v) is 2.84. The van der Waals surface area contributed by atoms with Crippen LogP contribution in [0.5, 0.6) is 0 Å². The number of pyridine rings is 1. The highest BCUT2D eigenvalue weighted by atomic mass is 19.1. The number of nitrogens with one attached hydrogen (secondary N) is 2. The Bertz CT molecular complexity index is 628. The molecule has 4 nitrogen and oxygen atoms in total. The maximum Gasteiger partial charge on any atom is 0.259 e. The maximum atomic E-state index is 13.3. The number of carbonyl (C=O) groups excluding carboxylic acids is 1. The molecule has 0 fully saturated rings. The number of halogens is 1. The van der Waals surface area contributed by atoms with Crippen LogP contribution in [0.3, 0.4) is 0 Å². The van der Waals surface area contributed by atoms with Crippen LogP contribution in [0, 0.1) is 12.7 Å². The zero-order valence-electron chi connectivity index (χ0n) is 11.4. The lowest BCUT2D eigenvalue weighted by Crippen LogP contribution is -2.16. The summed E-state index contributed by atoms with van der Waals surface area (Å²) in [6.45, 7) is 4.38. The van der Waals surface area contributed by atoms with Crippen LogP contribution in [-0.2, 0) is 0 Å². The number of hydrogen-bond acceptors (Lipinski definition) is 3. The lowest BCUT2D eigenvalue weighted by molar-refractivity contribution is 0.102. The summed E-state index contributed by atoms with van der Waals surface area (Å²) in [5.74, 6) is -0.552. The monoisotopic (exact) mass is 273 g/mol. The quantitative estimate of drug-likeness (QED) is 0.899. The van der Waals surface area contributed by atoms with E-state index in [0.29, 0.717) is 18.1 Å². The van der Waals surface area contributed by atoms with E-state index in [1.807, 2.05) is 32.0 Å². The molecule has 0 radical (unpaired) electrons. The molecule has 0 unspecified atom stereocenters. The van der Waals surface area contributed by atoms with Crippen molar-refractivity contribution in [2.75, 3.05) is 17.2 Å². The van der Waals surface area contributed by atoms with E-state index in [1.165, 1.54) is 6.07 Å². The van der Waals surface area contributed by atoms with Crippen LogP contribution in [0.4, 0.5) is 15.9 Å². The molecule has 1 heterocycles. The van der Waals surface area contributed by atoms with E-state index in [-0.39, 0.29) is 11.5 Å². The van der Waals surface area contributed by atoms with Crippen molar-refractivity contribution in [3.05, 3.63) is 53.5 Å². The van der Waals surface area contributed by atoms with Gasteiger partial charge in [0.25, 0.3) is 5.91 Å². The van der Waals surface area contributed by atoms with Gasteiger partial charge in [0.2, 0.25) is 0 Å². The number of hydrogen-bond donors (Lipinski definition) is 2. The predicted octanol–water partition coefficient (Wildman–Crippen LogP) is 3.21. The second kappa shape index (κ2) is 6.14. The molecule has 0 aliphatic rings. The lowest BCUT2D eigenvalue weighted by atomic mass is 10.2. The highest BCUT2D eigenvalue weighted by molar-refractivity contribution is 6.07. The first-order chi connectivity index (χ1) is 9.61. The number of para-hydroxylation sites is 1. The van der Waals surface area contributed by atoms with Gasteiger partial charge in [0.1, 0.15) is 11.6 Å². The highest BCUT2D eigenvalue weighted by Gasteiger charge is 2.14. The van der Waals surface area contributed by atoms with Gasteiger partial charge in [0.05, 0.1) is 11.8 Å². The van der Waals surface area contributed by atoms with Crippen LogP contribution in [0.25, 0.3) is 0 Å². The number of rotatable bonds is 4. The summed E-state index contributed by atoms with van der Waals surface area (Å²) in [4.78, 5) is 16.2. The van der Waals surface area contributed by atoms with E-state index in [9.17, 15) is 9.18 Å². The number of aromatic nitrogens is 1. The van der Waals surface area contributed by atoms with Gasteiger partial charge in [-0.1, -0.05) is 18.2 Å². The molecule has 0 saturated carbocycles. The van der Waals surface area contributed by atoms with Crippen molar-refractivity contribution in [3.63, 3.8) is 0 Å². The van der Waals surface area contributed by atoms with Crippen LogP contribution in [0.1, 0.15) is 22.8 Å². The van der Waals surface area contributed by atoms with Gasteiger partial charge in [-0.3, -0.25) is 4.79 Å². The maximum absolute atomic E-state index is 13.3. The van der Waals surface area contributed by atoms with Crippen LogP contribution in [0.15, 0.2) is 36.5 Å². The molecule has 0 spiro atoms. The van der Waals surface area contributed by atoms with Crippen molar-refractivity contribution in [1.82, 2.24) is 4.98 Å². The van der Waals surface area contributed by atoms with Crippen LogP contribution in [0.2, 0.25) is 0 Å². The number of amides is 1. The van der Waals surface area contributed by atoms with Crippen molar-refractivity contribution in [2.24, 2.45) is 0 Å². The Balaban J connectivity index is 2.29. The summed E-state index contributed by atoms with van der Waals surface area (Å²) >= 11 is 0. The molecule has 0 aliphatic heterocycles. The summed E-state index contributed by atoms with van der Waals surface area (Å²) < 4.78 is 13.3. The van der Waals surface area contributed by atoms with E-state index in [4.69, 9.17) is 0 Å². The van der Waals surface area contributed by atoms with Gasteiger partial charge in [-0.05, 0) is 31.5 Å². The van der Waals surface area contributed by atoms with Gasteiger partial charge in [-0.15, -0.1) is 0 Å². The first-order valence-electron chi connectivity index (χ1n) is 6.38. The molecule has 0 aliphatic carbocycles. The predicted molar refractivity (Wildman–Crippen MR) is 77.5 cm³/mol. The summed E-state index contributed by atoms with van der Waals surface area (Å²) in [6.07, 6.45) is 1.09. The number of aryl methyl sites for hydroxylation is 1. The third-order valence-electron chi connectivity index (χ3n) is 2.84. The molecule has 1 amide bonds. The topological polar surface area (TPSA) is 54.0 Å². The summed E-state index contributed by atoms with van der Waals surface area (Å²) in [5, 5.41) is 5.71. The van der Waals surface area contributed by atoms with Gasteiger partial charge >= 0.3 is 0 Å². The summed E-state index contributed by atoms with van der Waals surface area (Å²) in [7, 11) is 0. The molecule has 2 aromatic rings. The second-order valence-corrected chi connectivity index (χ2v) is 4.35. The number of anilines is 2. The average Bonchev–Trinajstić information content (AvgIpc) is 2.43. The van der Waals surface area contributed by atoms with Crippen molar-refractivity contribution in [1.29, 1.82) is 0 Å². The molecule has 104 valence electrons. The van der Waals surface area contributed by atoms with Gasteiger partial charge in [-0.25, -0.2) is 9.37 Å². The minimum absolute atomic E-state index is 0.190. The molecule has 1 aromatic carbocycles. The number of nitrogens with zero attached hydrogens (tertiary/aromatic N) is 1. The normalized spacial score (nSPS) is 10.2. The minimum Gasteiger partial charge on any atom is -0.370 e. The van der Waals surface area contributed by atoms with Crippen molar-refractivity contribution in [3.8, 4) is 0 Å². The van der Waals surface area contributed by atoms with Crippen molar-refractivity contribution >= 4 is 17.4 Å². The Kier molecular flexibility index (Phi) is 4.30. The fraction of sp³-hybridized carbons (Fsp3) is 0.200. The number of benzene rings is 1. The van der Waals surface area contributed by atoms with Gasteiger partial charge in [0, 0.05) is 12.2 Å². The molecule has 0 bridgehead atoms. The molecule has 2 N–H and O–H groups in total. The van der Waals surface area contributed by atoms with Crippen LogP contribution in [-0.4, -0.2) is 17.4 Å². The Labute approximate surface area is 117 Å². The zero-order valence-corrected chi connectivity index (χ0v) is 11.4. The number of carbonyl (C=O) groups is 1. The molecule has 2 rings (SSSR count). The van der Waals surface area contributed by atoms with E-state index in [0.717, 1.165) is 11.8 Å². The molecule has 5 heteroatoms. The highest BCUT2D eigenvalue weighted by Crippen LogP contribution is 2.18. The molecule has 0 saturated heterocycles. The van der Waals surface area contributed by atoms with Crippen molar-refractivity contribution < 1.29 is 9.18 Å². The van der Waals surface area contributed by atoms with E-state index >= 15 is 0 Å². The third kappa shape index (κ3) is 3.12. The minimum atomic E-state index is -0.540. The summed E-state index contributed by atoms with van der Waals surface area (Å²) in [5.41, 5.74) is 1.83. The fourth-order valence-electron chi connectivity index (χ4n) is 1.82. The molecular formula is C15H16FN3O. The molecule has 20 heavy (non-hydrogen) atoms. The first-order valence-corrected chi connectivity index (χ1v) is 6.38.